The minimum absolute atomic E-state index is 0.00377. The zero-order chi connectivity index (χ0) is 14.5. The van der Waals surface area contributed by atoms with E-state index in [0.29, 0.717) is 31.9 Å². The first-order chi connectivity index (χ1) is 8.89. The van der Waals surface area contributed by atoms with Crippen molar-refractivity contribution >= 4 is 11.9 Å². The fourth-order valence-electron chi connectivity index (χ4n) is 2.56. The van der Waals surface area contributed by atoms with Crippen molar-refractivity contribution in [1.29, 1.82) is 0 Å². The molecular weight excluding hydrogens is 244 g/mol. The van der Waals surface area contributed by atoms with Crippen LogP contribution >= 0.6 is 0 Å². The Labute approximate surface area is 115 Å². The molecule has 0 heterocycles. The molecule has 0 aromatic carbocycles. The predicted molar refractivity (Wildman–Crippen MR) is 73.4 cm³/mol. The molecule has 0 aliphatic heterocycles. The van der Waals surface area contributed by atoms with Crippen molar-refractivity contribution in [3.63, 3.8) is 0 Å². The SMILES string of the molecule is CCOC(=O)CN(CC(C)C)C(=O)C1(N)CCCC1. The molecule has 2 N–H and O–H groups in total. The van der Waals surface area contributed by atoms with E-state index in [1.807, 2.05) is 13.8 Å². The number of carbonyl (C=O) groups is 2. The van der Waals surface area contributed by atoms with Crippen LogP contribution in [0.5, 0.6) is 0 Å². The van der Waals surface area contributed by atoms with Crippen molar-refractivity contribution in [3.05, 3.63) is 0 Å². The summed E-state index contributed by atoms with van der Waals surface area (Å²) < 4.78 is 4.93. The lowest BCUT2D eigenvalue weighted by Crippen LogP contribution is -2.55. The molecule has 110 valence electrons. The van der Waals surface area contributed by atoms with Crippen molar-refractivity contribution in [2.75, 3.05) is 19.7 Å². The Hall–Kier alpha value is -1.10. The van der Waals surface area contributed by atoms with Gasteiger partial charge in [-0.05, 0) is 25.7 Å². The van der Waals surface area contributed by atoms with E-state index in [0.717, 1.165) is 12.8 Å². The van der Waals surface area contributed by atoms with Gasteiger partial charge in [0.25, 0.3) is 0 Å². The molecule has 0 saturated heterocycles. The molecule has 0 aromatic heterocycles. The summed E-state index contributed by atoms with van der Waals surface area (Å²) in [6.07, 6.45) is 3.39. The molecule has 0 atom stereocenters. The van der Waals surface area contributed by atoms with E-state index in [1.54, 1.807) is 11.8 Å². The van der Waals surface area contributed by atoms with Gasteiger partial charge in [-0.15, -0.1) is 0 Å². The van der Waals surface area contributed by atoms with Crippen molar-refractivity contribution in [2.45, 2.75) is 52.0 Å². The molecule has 1 fully saturated rings. The molecule has 0 unspecified atom stereocenters. The molecule has 0 radical (unpaired) electrons. The van der Waals surface area contributed by atoms with Crippen LogP contribution in [0, 0.1) is 5.92 Å². The Bertz CT molecular complexity index is 323. The van der Waals surface area contributed by atoms with E-state index in [1.165, 1.54) is 0 Å². The highest BCUT2D eigenvalue weighted by Gasteiger charge is 2.40. The van der Waals surface area contributed by atoms with Gasteiger partial charge in [0.1, 0.15) is 6.54 Å². The number of rotatable bonds is 6. The van der Waals surface area contributed by atoms with Crippen LogP contribution in [-0.4, -0.2) is 42.0 Å². The zero-order valence-corrected chi connectivity index (χ0v) is 12.3. The number of hydrogen-bond acceptors (Lipinski definition) is 4. The molecule has 0 spiro atoms. The zero-order valence-electron chi connectivity index (χ0n) is 12.3. The lowest BCUT2D eigenvalue weighted by atomic mass is 9.96. The van der Waals surface area contributed by atoms with Gasteiger partial charge >= 0.3 is 5.97 Å². The average Bonchev–Trinajstić information content (AvgIpc) is 2.75. The van der Waals surface area contributed by atoms with E-state index < -0.39 is 5.54 Å². The van der Waals surface area contributed by atoms with Crippen LogP contribution in [-0.2, 0) is 14.3 Å². The summed E-state index contributed by atoms with van der Waals surface area (Å²) in [5.74, 6) is -0.173. The molecule has 1 aliphatic rings. The molecular formula is C14H26N2O3. The third-order valence-electron chi connectivity index (χ3n) is 3.42. The topological polar surface area (TPSA) is 72.6 Å². The summed E-state index contributed by atoms with van der Waals surface area (Å²) in [6, 6.07) is 0. The van der Waals surface area contributed by atoms with E-state index in [2.05, 4.69) is 0 Å². The minimum Gasteiger partial charge on any atom is -0.465 e. The number of nitrogens with zero attached hydrogens (tertiary/aromatic N) is 1. The number of carbonyl (C=O) groups excluding carboxylic acids is 2. The predicted octanol–water partition coefficient (Wildman–Crippen LogP) is 1.31. The molecule has 0 aromatic rings. The van der Waals surface area contributed by atoms with Crippen molar-refractivity contribution in [2.24, 2.45) is 11.7 Å². The monoisotopic (exact) mass is 270 g/mol. The highest BCUT2D eigenvalue weighted by molar-refractivity contribution is 5.89. The second-order valence-electron chi connectivity index (χ2n) is 5.75. The second kappa shape index (κ2) is 6.89. The quantitative estimate of drug-likeness (QED) is 0.738. The summed E-state index contributed by atoms with van der Waals surface area (Å²) in [4.78, 5) is 25.7. The van der Waals surface area contributed by atoms with Crippen LogP contribution < -0.4 is 5.73 Å². The van der Waals surface area contributed by atoms with E-state index in [4.69, 9.17) is 10.5 Å². The van der Waals surface area contributed by atoms with Crippen LogP contribution in [0.2, 0.25) is 0 Å². The molecule has 0 bridgehead atoms. The minimum atomic E-state index is -0.776. The summed E-state index contributed by atoms with van der Waals surface area (Å²) in [5.41, 5.74) is 5.41. The number of esters is 1. The van der Waals surface area contributed by atoms with Crippen molar-refractivity contribution in [3.8, 4) is 0 Å². The third-order valence-corrected chi connectivity index (χ3v) is 3.42. The number of hydrogen-bond donors (Lipinski definition) is 1. The van der Waals surface area contributed by atoms with Gasteiger partial charge in [0.2, 0.25) is 5.91 Å². The van der Waals surface area contributed by atoms with Gasteiger partial charge in [-0.1, -0.05) is 26.7 Å². The number of ether oxygens (including phenoxy) is 1. The van der Waals surface area contributed by atoms with Gasteiger partial charge in [0, 0.05) is 6.54 Å². The van der Waals surface area contributed by atoms with Crippen molar-refractivity contribution < 1.29 is 14.3 Å². The van der Waals surface area contributed by atoms with Gasteiger partial charge in [0.05, 0.1) is 12.1 Å². The largest absolute Gasteiger partial charge is 0.465 e. The Balaban J connectivity index is 2.72. The molecule has 5 heteroatoms. The van der Waals surface area contributed by atoms with Gasteiger partial charge in [0.15, 0.2) is 0 Å². The first kappa shape index (κ1) is 16.0. The molecule has 1 saturated carbocycles. The Kier molecular flexibility index (Phi) is 5.79. The maximum absolute atomic E-state index is 12.5. The summed E-state index contributed by atoms with van der Waals surface area (Å²) in [5, 5.41) is 0. The first-order valence-electron chi connectivity index (χ1n) is 7.13. The molecule has 1 amide bonds. The molecule has 5 nitrogen and oxygen atoms in total. The van der Waals surface area contributed by atoms with Crippen LogP contribution in [0.4, 0.5) is 0 Å². The van der Waals surface area contributed by atoms with E-state index in [9.17, 15) is 9.59 Å². The third kappa shape index (κ3) is 4.49. The normalized spacial score (nSPS) is 17.5. The van der Waals surface area contributed by atoms with Crippen molar-refractivity contribution in [1.82, 2.24) is 4.90 Å². The van der Waals surface area contributed by atoms with Gasteiger partial charge < -0.3 is 15.4 Å². The fraction of sp³-hybridized carbons (Fsp3) is 0.857. The summed E-state index contributed by atoms with van der Waals surface area (Å²) in [7, 11) is 0. The Morgan fingerprint density at radius 1 is 1.32 bits per heavy atom. The lowest BCUT2D eigenvalue weighted by molar-refractivity contribution is -0.151. The maximum atomic E-state index is 12.5. The summed E-state index contributed by atoms with van der Waals surface area (Å²) in [6.45, 7) is 6.66. The molecule has 1 rings (SSSR count). The van der Waals surface area contributed by atoms with Gasteiger partial charge in [-0.3, -0.25) is 9.59 Å². The Morgan fingerprint density at radius 2 is 1.89 bits per heavy atom. The average molecular weight is 270 g/mol. The summed E-state index contributed by atoms with van der Waals surface area (Å²) >= 11 is 0. The first-order valence-corrected chi connectivity index (χ1v) is 7.13. The maximum Gasteiger partial charge on any atom is 0.325 e. The fourth-order valence-corrected chi connectivity index (χ4v) is 2.56. The molecule has 19 heavy (non-hydrogen) atoms. The van der Waals surface area contributed by atoms with E-state index >= 15 is 0 Å². The highest BCUT2D eigenvalue weighted by atomic mass is 16.5. The second-order valence-corrected chi connectivity index (χ2v) is 5.75. The van der Waals surface area contributed by atoms with Gasteiger partial charge in [-0.25, -0.2) is 0 Å². The smallest absolute Gasteiger partial charge is 0.325 e. The standard InChI is InChI=1S/C14H26N2O3/c1-4-19-12(17)10-16(9-11(2)3)13(18)14(15)7-5-6-8-14/h11H,4-10,15H2,1-3H3. The molecule has 1 aliphatic carbocycles. The number of amides is 1. The van der Waals surface area contributed by atoms with Crippen LogP contribution in [0.15, 0.2) is 0 Å². The van der Waals surface area contributed by atoms with Crippen LogP contribution in [0.3, 0.4) is 0 Å². The Morgan fingerprint density at radius 3 is 2.37 bits per heavy atom. The van der Waals surface area contributed by atoms with E-state index in [-0.39, 0.29) is 18.4 Å². The van der Waals surface area contributed by atoms with Crippen LogP contribution in [0.1, 0.15) is 46.5 Å². The number of nitrogens with two attached hydrogens (primary N) is 1. The highest BCUT2D eigenvalue weighted by Crippen LogP contribution is 2.29. The van der Waals surface area contributed by atoms with Gasteiger partial charge in [-0.2, -0.15) is 0 Å². The lowest BCUT2D eigenvalue weighted by Gasteiger charge is -2.32. The van der Waals surface area contributed by atoms with Crippen LogP contribution in [0.25, 0.3) is 0 Å².